The molecule has 1 saturated carbocycles. The van der Waals surface area contributed by atoms with Crippen LogP contribution >= 0.6 is 0 Å². The van der Waals surface area contributed by atoms with Crippen molar-refractivity contribution in [3.63, 3.8) is 0 Å². The Morgan fingerprint density at radius 1 is 1.17 bits per heavy atom. The van der Waals surface area contributed by atoms with Crippen LogP contribution < -0.4 is 5.32 Å². The number of nitrogens with one attached hydrogen (secondary N) is 1. The summed E-state index contributed by atoms with van der Waals surface area (Å²) in [5, 5.41) is 3.75. The van der Waals surface area contributed by atoms with E-state index in [4.69, 9.17) is 4.74 Å². The van der Waals surface area contributed by atoms with E-state index in [2.05, 4.69) is 12.2 Å². The minimum absolute atomic E-state index is 0.561. The summed E-state index contributed by atoms with van der Waals surface area (Å²) in [6, 6.07) is 0.751. The Morgan fingerprint density at radius 2 is 2.06 bits per heavy atom. The van der Waals surface area contributed by atoms with Crippen molar-refractivity contribution in [2.24, 2.45) is 5.92 Å². The first-order valence-electron chi connectivity index (χ1n) is 8.23. The van der Waals surface area contributed by atoms with E-state index in [1.165, 1.54) is 70.8 Å². The van der Waals surface area contributed by atoms with Crippen LogP contribution in [0.2, 0.25) is 0 Å². The molecular formula is C16H31NO. The SMILES string of the molecule is CCCNC(CCC1CCCCO1)CC1CCC1. The summed E-state index contributed by atoms with van der Waals surface area (Å²) in [7, 11) is 0. The summed E-state index contributed by atoms with van der Waals surface area (Å²) in [5.74, 6) is 1.02. The van der Waals surface area contributed by atoms with Crippen LogP contribution in [-0.4, -0.2) is 25.3 Å². The van der Waals surface area contributed by atoms with Crippen molar-refractivity contribution in [2.75, 3.05) is 13.2 Å². The first kappa shape index (κ1) is 14.3. The largest absolute Gasteiger partial charge is 0.378 e. The highest BCUT2D eigenvalue weighted by molar-refractivity contribution is 4.78. The lowest BCUT2D eigenvalue weighted by Crippen LogP contribution is -2.34. The first-order valence-corrected chi connectivity index (χ1v) is 8.23. The lowest BCUT2D eigenvalue weighted by atomic mass is 9.80. The molecule has 0 aromatic carbocycles. The van der Waals surface area contributed by atoms with Gasteiger partial charge in [0.25, 0.3) is 0 Å². The van der Waals surface area contributed by atoms with Gasteiger partial charge in [0, 0.05) is 12.6 Å². The Balaban J connectivity index is 1.65. The van der Waals surface area contributed by atoms with Gasteiger partial charge in [-0.05, 0) is 57.4 Å². The lowest BCUT2D eigenvalue weighted by Gasteiger charge is -2.31. The molecule has 1 saturated heterocycles. The summed E-state index contributed by atoms with van der Waals surface area (Å²) in [6.07, 6.45) is 14.2. The van der Waals surface area contributed by atoms with Gasteiger partial charge in [-0.2, -0.15) is 0 Å². The van der Waals surface area contributed by atoms with Crippen LogP contribution in [0.3, 0.4) is 0 Å². The molecule has 0 amide bonds. The fraction of sp³-hybridized carbons (Fsp3) is 1.00. The smallest absolute Gasteiger partial charge is 0.0575 e. The van der Waals surface area contributed by atoms with Gasteiger partial charge >= 0.3 is 0 Å². The summed E-state index contributed by atoms with van der Waals surface area (Å²) >= 11 is 0. The van der Waals surface area contributed by atoms with E-state index in [0.29, 0.717) is 6.10 Å². The molecule has 2 unspecified atom stereocenters. The third kappa shape index (κ3) is 4.89. The number of hydrogen-bond acceptors (Lipinski definition) is 2. The molecule has 0 bridgehead atoms. The van der Waals surface area contributed by atoms with Gasteiger partial charge in [-0.25, -0.2) is 0 Å². The van der Waals surface area contributed by atoms with E-state index < -0.39 is 0 Å². The van der Waals surface area contributed by atoms with Gasteiger partial charge < -0.3 is 10.1 Å². The van der Waals surface area contributed by atoms with Crippen LogP contribution in [0.15, 0.2) is 0 Å². The lowest BCUT2D eigenvalue weighted by molar-refractivity contribution is 0.00792. The van der Waals surface area contributed by atoms with Gasteiger partial charge in [0.05, 0.1) is 6.10 Å². The van der Waals surface area contributed by atoms with Gasteiger partial charge in [0.15, 0.2) is 0 Å². The van der Waals surface area contributed by atoms with Gasteiger partial charge in [0.2, 0.25) is 0 Å². The summed E-state index contributed by atoms with van der Waals surface area (Å²) in [6.45, 7) is 4.45. The predicted molar refractivity (Wildman–Crippen MR) is 76.9 cm³/mol. The zero-order valence-electron chi connectivity index (χ0n) is 12.1. The molecule has 1 aliphatic heterocycles. The molecule has 0 aromatic rings. The van der Waals surface area contributed by atoms with E-state index >= 15 is 0 Å². The standard InChI is InChI=1S/C16H31NO/c1-2-11-17-15(13-14-6-5-7-14)9-10-16-8-3-4-12-18-16/h14-17H,2-13H2,1H3. The maximum atomic E-state index is 5.85. The topological polar surface area (TPSA) is 21.3 Å². The Labute approximate surface area is 113 Å². The highest BCUT2D eigenvalue weighted by Gasteiger charge is 2.23. The normalized spacial score (nSPS) is 26.8. The molecule has 2 atom stereocenters. The maximum Gasteiger partial charge on any atom is 0.0575 e. The molecule has 2 rings (SSSR count). The van der Waals surface area contributed by atoms with E-state index in [1.807, 2.05) is 0 Å². The van der Waals surface area contributed by atoms with Gasteiger partial charge in [-0.3, -0.25) is 0 Å². The van der Waals surface area contributed by atoms with Crippen LogP contribution in [0.4, 0.5) is 0 Å². The summed E-state index contributed by atoms with van der Waals surface area (Å²) < 4.78 is 5.85. The molecule has 2 aliphatic rings. The number of rotatable bonds is 8. The monoisotopic (exact) mass is 253 g/mol. The molecule has 1 heterocycles. The Hall–Kier alpha value is -0.0800. The van der Waals surface area contributed by atoms with Crippen molar-refractivity contribution in [3.05, 3.63) is 0 Å². The van der Waals surface area contributed by atoms with E-state index in [0.717, 1.165) is 18.6 Å². The Bertz CT molecular complexity index is 209. The highest BCUT2D eigenvalue weighted by atomic mass is 16.5. The maximum absolute atomic E-state index is 5.85. The predicted octanol–water partition coefficient (Wildman–Crippen LogP) is 3.89. The molecule has 0 aromatic heterocycles. The summed E-state index contributed by atoms with van der Waals surface area (Å²) in [5.41, 5.74) is 0. The van der Waals surface area contributed by atoms with E-state index in [1.54, 1.807) is 0 Å². The molecule has 1 N–H and O–H groups in total. The molecule has 106 valence electrons. The van der Waals surface area contributed by atoms with E-state index in [9.17, 15) is 0 Å². The molecule has 2 nitrogen and oxygen atoms in total. The van der Waals surface area contributed by atoms with Crippen molar-refractivity contribution in [2.45, 2.75) is 83.3 Å². The number of ether oxygens (including phenoxy) is 1. The quantitative estimate of drug-likeness (QED) is 0.708. The third-order valence-electron chi connectivity index (χ3n) is 4.64. The van der Waals surface area contributed by atoms with Crippen molar-refractivity contribution < 1.29 is 4.74 Å². The second-order valence-electron chi connectivity index (χ2n) is 6.25. The average molecular weight is 253 g/mol. The molecule has 18 heavy (non-hydrogen) atoms. The van der Waals surface area contributed by atoms with Crippen molar-refractivity contribution in [3.8, 4) is 0 Å². The zero-order valence-corrected chi connectivity index (χ0v) is 12.1. The number of hydrogen-bond donors (Lipinski definition) is 1. The van der Waals surface area contributed by atoms with Crippen LogP contribution in [-0.2, 0) is 4.74 Å². The van der Waals surface area contributed by atoms with Gasteiger partial charge in [-0.1, -0.05) is 26.2 Å². The Morgan fingerprint density at radius 3 is 2.67 bits per heavy atom. The molecule has 0 radical (unpaired) electrons. The minimum atomic E-state index is 0.561. The van der Waals surface area contributed by atoms with Crippen LogP contribution in [0.25, 0.3) is 0 Å². The summed E-state index contributed by atoms with van der Waals surface area (Å²) in [4.78, 5) is 0. The van der Waals surface area contributed by atoms with Gasteiger partial charge in [-0.15, -0.1) is 0 Å². The van der Waals surface area contributed by atoms with Crippen LogP contribution in [0, 0.1) is 5.92 Å². The van der Waals surface area contributed by atoms with Crippen LogP contribution in [0.1, 0.15) is 71.1 Å². The highest BCUT2D eigenvalue weighted by Crippen LogP contribution is 2.31. The average Bonchev–Trinajstić information content (AvgIpc) is 2.37. The first-order chi connectivity index (χ1) is 8.88. The zero-order chi connectivity index (χ0) is 12.6. The fourth-order valence-corrected chi connectivity index (χ4v) is 3.20. The van der Waals surface area contributed by atoms with Gasteiger partial charge in [0.1, 0.15) is 0 Å². The van der Waals surface area contributed by atoms with Crippen LogP contribution in [0.5, 0.6) is 0 Å². The molecule has 2 fully saturated rings. The van der Waals surface area contributed by atoms with Crippen molar-refractivity contribution >= 4 is 0 Å². The fourth-order valence-electron chi connectivity index (χ4n) is 3.20. The van der Waals surface area contributed by atoms with E-state index in [-0.39, 0.29) is 0 Å². The second kappa shape index (κ2) is 8.16. The molecule has 1 aliphatic carbocycles. The molecular weight excluding hydrogens is 222 g/mol. The van der Waals surface area contributed by atoms with Crippen molar-refractivity contribution in [1.29, 1.82) is 0 Å². The van der Waals surface area contributed by atoms with Crippen molar-refractivity contribution in [1.82, 2.24) is 5.32 Å². The second-order valence-corrected chi connectivity index (χ2v) is 6.25. The minimum Gasteiger partial charge on any atom is -0.378 e. The molecule has 0 spiro atoms. The third-order valence-corrected chi connectivity index (χ3v) is 4.64. The molecule has 2 heteroatoms. The Kier molecular flexibility index (Phi) is 6.50.